The van der Waals surface area contributed by atoms with Gasteiger partial charge in [0, 0.05) is 10.8 Å². The first-order valence-electron chi connectivity index (χ1n) is 23.9. The van der Waals surface area contributed by atoms with E-state index >= 15 is 0 Å². The molecule has 0 amide bonds. The molecular weight excluding hydrogens is 484 g/mol. The number of para-hydroxylation sites is 1. The van der Waals surface area contributed by atoms with E-state index in [0.29, 0.717) is 0 Å². The van der Waals surface area contributed by atoms with E-state index in [9.17, 15) is 8.22 Å². The summed E-state index contributed by atoms with van der Waals surface area (Å²) in [7, 11) is 0. The highest BCUT2D eigenvalue weighted by molar-refractivity contribution is 6.16. The number of rotatable bonds is 4. The Morgan fingerprint density at radius 3 is 1.65 bits per heavy atom. The Kier molecular flexibility index (Phi) is 2.13. The molecule has 0 spiro atoms. The monoisotopic (exact) mass is 534 g/mol. The molecule has 0 aliphatic rings. The van der Waals surface area contributed by atoms with Gasteiger partial charge in [-0.1, -0.05) is 127 Å². The average Bonchev–Trinajstić information content (AvgIpc) is 3.68. The molecule has 0 N–H and O–H groups in total. The fourth-order valence-corrected chi connectivity index (χ4v) is 4.66. The first-order valence-corrected chi connectivity index (χ1v) is 11.9. The molecule has 0 atom stereocenters. The summed E-state index contributed by atoms with van der Waals surface area (Å²) in [6, 6.07) is -19.5. The zero-order valence-corrected chi connectivity index (χ0v) is 20.1. The van der Waals surface area contributed by atoms with Crippen LogP contribution in [0, 0.1) is 0 Å². The van der Waals surface area contributed by atoms with Gasteiger partial charge in [-0.15, -0.1) is 0 Å². The predicted molar refractivity (Wildman–Crippen MR) is 169 cm³/mol. The summed E-state index contributed by atoms with van der Waals surface area (Å²) in [6.45, 7) is 0. The maximum absolute atomic E-state index is 9.54. The van der Waals surface area contributed by atoms with Gasteiger partial charge in [-0.3, -0.25) is 0 Å². The Morgan fingerprint density at radius 1 is 0.425 bits per heavy atom. The van der Waals surface area contributed by atoms with Crippen molar-refractivity contribution in [3.05, 3.63) is 156 Å². The summed E-state index contributed by atoms with van der Waals surface area (Å²) in [4.78, 5) is 0. The van der Waals surface area contributed by atoms with E-state index in [2.05, 4.69) is 0 Å². The number of fused-ring (bicyclic) bond motifs is 5. The molecule has 188 valence electrons. The van der Waals surface area contributed by atoms with Crippen LogP contribution in [0.5, 0.6) is 0 Å². The van der Waals surface area contributed by atoms with Gasteiger partial charge in [0.05, 0.1) is 32.9 Å². The van der Waals surface area contributed by atoms with Gasteiger partial charge in [-0.2, -0.15) is 0 Å². The Morgan fingerprint density at radius 2 is 0.950 bits per heavy atom. The second-order valence-corrected chi connectivity index (χ2v) is 8.64. The van der Waals surface area contributed by atoms with Crippen LogP contribution >= 0.6 is 0 Å². The largest absolute Gasteiger partial charge is 0.456 e. The van der Waals surface area contributed by atoms with E-state index in [4.69, 9.17) is 29.1 Å². The number of hydrogen-bond acceptors (Lipinski definition) is 1. The molecule has 0 bridgehead atoms. The Bertz CT molecular complexity index is 3380. The maximum Gasteiger partial charge on any atom is 0.135 e. The standard InChI is InChI=1S/C39H26O/c1-2-10-27(11-3-1)28-20-18-26(19-21-28)24-35-30-12-4-6-15-33(30)39(34-16-7-5-13-31(34)35)29-22-23-38-36(25-29)32-14-8-9-17-37(32)40-38/h1-23,25H,24H2/i1D,2D,3D,4D,5D,6D,7D,8D,9D,10D,11D,12D,13D,14D,15D,16D,17D,18D,19D,20D,21D,22D,23D,25D. The molecule has 7 aromatic carbocycles. The van der Waals surface area contributed by atoms with E-state index in [0.717, 1.165) is 0 Å². The lowest BCUT2D eigenvalue weighted by Crippen LogP contribution is -1.95. The van der Waals surface area contributed by atoms with Crippen molar-refractivity contribution in [3.63, 3.8) is 0 Å². The molecule has 1 aromatic heterocycles. The van der Waals surface area contributed by atoms with Gasteiger partial charge in [0.25, 0.3) is 0 Å². The van der Waals surface area contributed by atoms with Crippen LogP contribution in [0.15, 0.2) is 149 Å². The Balaban J connectivity index is 1.59. The first kappa shape index (κ1) is 9.21. The van der Waals surface area contributed by atoms with Crippen LogP contribution in [0.1, 0.15) is 44.0 Å². The molecule has 0 unspecified atom stereocenters. The van der Waals surface area contributed by atoms with Crippen LogP contribution in [-0.2, 0) is 6.42 Å². The molecule has 0 aliphatic carbocycles. The van der Waals surface area contributed by atoms with Gasteiger partial charge in [-0.25, -0.2) is 0 Å². The van der Waals surface area contributed by atoms with Crippen molar-refractivity contribution in [1.82, 2.24) is 0 Å². The zero-order valence-electron chi connectivity index (χ0n) is 44.1. The van der Waals surface area contributed by atoms with Crippen molar-refractivity contribution in [2.75, 3.05) is 0 Å². The molecule has 0 saturated heterocycles. The average molecular weight is 535 g/mol. The van der Waals surface area contributed by atoms with Gasteiger partial charge in [0.15, 0.2) is 0 Å². The topological polar surface area (TPSA) is 13.1 Å². The Hall–Kier alpha value is -5.14. The summed E-state index contributed by atoms with van der Waals surface area (Å²) >= 11 is 0. The second-order valence-electron chi connectivity index (χ2n) is 8.64. The minimum atomic E-state index is -0.884. The van der Waals surface area contributed by atoms with Crippen LogP contribution in [-0.4, -0.2) is 0 Å². The molecule has 1 nitrogen and oxygen atoms in total. The van der Waals surface area contributed by atoms with E-state index in [-0.39, 0.29) is 10.9 Å². The quantitative estimate of drug-likeness (QED) is 0.205. The third-order valence-electron chi connectivity index (χ3n) is 6.39. The smallest absolute Gasteiger partial charge is 0.135 e. The summed E-state index contributed by atoms with van der Waals surface area (Å²) in [5.41, 5.74) is -4.36. The van der Waals surface area contributed by atoms with Crippen molar-refractivity contribution in [3.8, 4) is 22.3 Å². The lowest BCUT2D eigenvalue weighted by molar-refractivity contribution is 0.669. The van der Waals surface area contributed by atoms with Gasteiger partial charge >= 0.3 is 0 Å². The molecule has 0 saturated carbocycles. The minimum Gasteiger partial charge on any atom is -0.456 e. The summed E-state index contributed by atoms with van der Waals surface area (Å²) < 4.78 is 216. The van der Waals surface area contributed by atoms with Crippen LogP contribution in [0.25, 0.3) is 65.7 Å². The van der Waals surface area contributed by atoms with Gasteiger partial charge in [0.1, 0.15) is 11.2 Å². The summed E-state index contributed by atoms with van der Waals surface area (Å²) in [5.74, 6) is 0. The van der Waals surface area contributed by atoms with Gasteiger partial charge in [0.2, 0.25) is 0 Å². The highest BCUT2D eigenvalue weighted by atomic mass is 16.3. The molecule has 0 aliphatic heterocycles. The molecule has 1 heterocycles. The van der Waals surface area contributed by atoms with Crippen molar-refractivity contribution in [2.45, 2.75) is 6.42 Å². The maximum atomic E-state index is 9.54. The van der Waals surface area contributed by atoms with Crippen LogP contribution < -0.4 is 0 Å². The SMILES string of the molecule is [2H]c1c([2H])c([2H])c(-c2c([2H])c([2H])c(Cc3c4c([2H])c([2H])c([2H])c([2H])c4c(-c4c([2H])c([2H])c5oc6c([2H])c([2H])c([2H])c([2H])c6c5c4[2H])c4c([2H])c([2H])c([2H])c([2H])c34)c([2H])c2[2H])c([2H])c1[2H]. The molecule has 40 heavy (non-hydrogen) atoms. The third kappa shape index (κ3) is 3.71. The van der Waals surface area contributed by atoms with E-state index in [1.54, 1.807) is 0 Å². The lowest BCUT2D eigenvalue weighted by Gasteiger charge is -2.18. The summed E-state index contributed by atoms with van der Waals surface area (Å²) in [6.07, 6.45) is -0.847. The normalized spacial score (nSPS) is 20.0. The zero-order chi connectivity index (χ0) is 47.4. The minimum absolute atomic E-state index is 0.370. The van der Waals surface area contributed by atoms with Crippen molar-refractivity contribution in [2.24, 2.45) is 0 Å². The fourth-order valence-electron chi connectivity index (χ4n) is 4.66. The molecule has 8 aromatic rings. The Labute approximate surface area is 266 Å². The van der Waals surface area contributed by atoms with Crippen LogP contribution in [0.2, 0.25) is 0 Å². The van der Waals surface area contributed by atoms with Crippen LogP contribution in [0.3, 0.4) is 0 Å². The van der Waals surface area contributed by atoms with Crippen molar-refractivity contribution < 1.29 is 37.3 Å². The van der Waals surface area contributed by atoms with E-state index < -0.39 is 217 Å². The van der Waals surface area contributed by atoms with E-state index in [1.807, 2.05) is 0 Å². The van der Waals surface area contributed by atoms with Crippen molar-refractivity contribution in [1.29, 1.82) is 0 Å². The second kappa shape index (κ2) is 9.25. The number of benzene rings is 7. The van der Waals surface area contributed by atoms with E-state index in [1.165, 1.54) is 0 Å². The van der Waals surface area contributed by atoms with Gasteiger partial charge < -0.3 is 4.42 Å². The predicted octanol–water partition coefficient (Wildman–Crippen LogP) is 10.8. The first-order chi connectivity index (χ1) is 29.8. The number of furan rings is 1. The fraction of sp³-hybridized carbons (Fsp3) is 0.0256. The highest BCUT2D eigenvalue weighted by Gasteiger charge is 2.17. The molecule has 8 rings (SSSR count). The van der Waals surface area contributed by atoms with Gasteiger partial charge in [-0.05, 0) is 79.5 Å². The molecular formula is C39H26O. The van der Waals surface area contributed by atoms with Crippen LogP contribution in [0.4, 0.5) is 0 Å². The highest BCUT2D eigenvalue weighted by Crippen LogP contribution is 2.42. The summed E-state index contributed by atoms with van der Waals surface area (Å²) in [5, 5.41) is -2.90. The molecule has 1 heteroatoms. The number of hydrogen-bond donors (Lipinski definition) is 0. The molecule has 0 fully saturated rings. The molecule has 0 radical (unpaired) electrons. The van der Waals surface area contributed by atoms with Crippen molar-refractivity contribution >= 4 is 43.5 Å². The lowest BCUT2D eigenvalue weighted by atomic mass is 9.86. The third-order valence-corrected chi connectivity index (χ3v) is 6.39.